The Bertz CT molecular complexity index is 1710. The van der Waals surface area contributed by atoms with E-state index in [0.29, 0.717) is 13.0 Å². The average molecular weight is 809 g/mol. The van der Waals surface area contributed by atoms with Crippen molar-refractivity contribution in [3.8, 4) is 0 Å². The molecule has 10 nitrogen and oxygen atoms in total. The minimum absolute atomic E-state index is 0.0445. The van der Waals surface area contributed by atoms with E-state index in [-0.39, 0.29) is 19.2 Å². The summed E-state index contributed by atoms with van der Waals surface area (Å²) in [6, 6.07) is 39.6. The summed E-state index contributed by atoms with van der Waals surface area (Å²) in [7, 11) is 1.43. The highest BCUT2D eigenvalue weighted by Crippen LogP contribution is 2.41. The Labute approximate surface area is 349 Å². The lowest BCUT2D eigenvalue weighted by atomic mass is 9.80. The topological polar surface area (TPSA) is 116 Å². The monoisotopic (exact) mass is 808 g/mol. The molecule has 316 valence electrons. The molecule has 0 N–H and O–H groups in total. The van der Waals surface area contributed by atoms with Gasteiger partial charge in [0.25, 0.3) is 0 Å². The maximum atomic E-state index is 12.8. The van der Waals surface area contributed by atoms with Gasteiger partial charge in [0.05, 0.1) is 20.3 Å². The van der Waals surface area contributed by atoms with E-state index in [1.807, 2.05) is 121 Å². The number of hydrogen-bond donors (Lipinski definition) is 0. The van der Waals surface area contributed by atoms with Gasteiger partial charge in [-0.1, -0.05) is 166 Å². The van der Waals surface area contributed by atoms with Crippen LogP contribution < -0.4 is 0 Å². The predicted octanol–water partition coefficient (Wildman–Crippen LogP) is 9.26. The number of methoxy groups -OCH3 is 1. The van der Waals surface area contributed by atoms with Crippen molar-refractivity contribution in [3.05, 3.63) is 144 Å². The van der Waals surface area contributed by atoms with Crippen molar-refractivity contribution in [3.63, 3.8) is 0 Å². The second-order valence-electron chi connectivity index (χ2n) is 14.9. The van der Waals surface area contributed by atoms with E-state index in [0.717, 1.165) is 80.0 Å². The normalized spacial score (nSPS) is 19.1. The summed E-state index contributed by atoms with van der Waals surface area (Å²) in [6.45, 7) is 3.14. The predicted molar refractivity (Wildman–Crippen MR) is 224 cm³/mol. The molecule has 0 bridgehead atoms. The zero-order valence-electron chi connectivity index (χ0n) is 34.7. The third kappa shape index (κ3) is 13.6. The number of esters is 3. The molecule has 4 aromatic rings. The molecule has 59 heavy (non-hydrogen) atoms. The van der Waals surface area contributed by atoms with Gasteiger partial charge < -0.3 is 33.2 Å². The van der Waals surface area contributed by atoms with Gasteiger partial charge >= 0.3 is 17.9 Å². The first kappa shape index (κ1) is 45.2. The van der Waals surface area contributed by atoms with Crippen LogP contribution in [0.15, 0.2) is 121 Å². The fourth-order valence-electron chi connectivity index (χ4n) is 7.64. The van der Waals surface area contributed by atoms with Gasteiger partial charge in [0.15, 0.2) is 18.5 Å². The minimum Gasteiger partial charge on any atom is -0.469 e. The standard InChI is InChI=1S/C49H60O10/c1-37(50)57-45-43(36-56-49(40-27-17-12-18-28-40,41-29-19-13-20-30-41)42-31-21-14-22-32-42)59-48(47(58-38(2)51)46(45)55-35-39-25-15-11-16-26-39)54-34-24-10-8-6-4-5-7-9-23-33-44(52)53-3/h11-22,25-32,43,45-48H,4-10,23-24,33-36H2,1-3H3/t43-,45-,46+,47-,48+/m1/s1. The molecular formula is C49H60O10. The van der Waals surface area contributed by atoms with Crippen LogP contribution in [0.3, 0.4) is 0 Å². The lowest BCUT2D eigenvalue weighted by Gasteiger charge is -2.46. The Kier molecular flexibility index (Phi) is 18.6. The van der Waals surface area contributed by atoms with Gasteiger partial charge in [0, 0.05) is 26.9 Å². The summed E-state index contributed by atoms with van der Waals surface area (Å²) in [4.78, 5) is 36.8. The first-order valence-electron chi connectivity index (χ1n) is 21.0. The summed E-state index contributed by atoms with van der Waals surface area (Å²) in [6.07, 6.45) is 4.68. The van der Waals surface area contributed by atoms with Gasteiger partial charge in [-0.05, 0) is 35.1 Å². The van der Waals surface area contributed by atoms with Crippen molar-refractivity contribution in [2.45, 2.75) is 121 Å². The first-order chi connectivity index (χ1) is 28.8. The van der Waals surface area contributed by atoms with Crippen LogP contribution in [0.1, 0.15) is 100 Å². The maximum absolute atomic E-state index is 12.8. The Hall–Kier alpha value is -4.87. The van der Waals surface area contributed by atoms with Gasteiger partial charge in [0.2, 0.25) is 0 Å². The zero-order chi connectivity index (χ0) is 41.7. The third-order valence-corrected chi connectivity index (χ3v) is 10.5. The van der Waals surface area contributed by atoms with Crippen LogP contribution in [0.5, 0.6) is 0 Å². The molecule has 1 aliphatic rings. The molecule has 10 heteroatoms. The van der Waals surface area contributed by atoms with E-state index in [1.165, 1.54) is 21.0 Å². The lowest BCUT2D eigenvalue weighted by Crippen LogP contribution is -2.62. The molecule has 0 radical (unpaired) electrons. The molecule has 1 heterocycles. The van der Waals surface area contributed by atoms with Crippen molar-refractivity contribution in [1.29, 1.82) is 0 Å². The van der Waals surface area contributed by atoms with Crippen molar-refractivity contribution in [1.82, 2.24) is 0 Å². The first-order valence-corrected chi connectivity index (χ1v) is 21.0. The van der Waals surface area contributed by atoms with E-state index in [2.05, 4.69) is 0 Å². The highest BCUT2D eigenvalue weighted by atomic mass is 16.7. The fourth-order valence-corrected chi connectivity index (χ4v) is 7.64. The second-order valence-corrected chi connectivity index (χ2v) is 14.9. The number of hydrogen-bond acceptors (Lipinski definition) is 10. The van der Waals surface area contributed by atoms with Gasteiger partial charge in [0.1, 0.15) is 17.8 Å². The number of carbonyl (C=O) groups excluding carboxylic acids is 3. The number of carbonyl (C=O) groups is 3. The third-order valence-electron chi connectivity index (χ3n) is 10.5. The molecule has 0 saturated carbocycles. The Morgan fingerprint density at radius 1 is 0.559 bits per heavy atom. The highest BCUT2D eigenvalue weighted by molar-refractivity contribution is 5.69. The van der Waals surface area contributed by atoms with Crippen molar-refractivity contribution in [2.75, 3.05) is 20.3 Å². The maximum Gasteiger partial charge on any atom is 0.305 e. The average Bonchev–Trinajstić information content (AvgIpc) is 3.26. The van der Waals surface area contributed by atoms with Crippen molar-refractivity contribution in [2.24, 2.45) is 0 Å². The van der Waals surface area contributed by atoms with E-state index in [1.54, 1.807) is 0 Å². The Morgan fingerprint density at radius 3 is 1.51 bits per heavy atom. The molecule has 5 rings (SSSR count). The molecule has 0 amide bonds. The van der Waals surface area contributed by atoms with Gasteiger partial charge in [-0.3, -0.25) is 14.4 Å². The second kappa shape index (κ2) is 24.3. The summed E-state index contributed by atoms with van der Waals surface area (Å²) < 4.78 is 43.6. The molecular weight excluding hydrogens is 749 g/mol. The molecule has 0 aliphatic carbocycles. The Balaban J connectivity index is 1.37. The van der Waals surface area contributed by atoms with E-state index >= 15 is 0 Å². The number of rotatable bonds is 24. The molecule has 1 aliphatic heterocycles. The largest absolute Gasteiger partial charge is 0.469 e. The van der Waals surface area contributed by atoms with E-state index < -0.39 is 48.2 Å². The lowest BCUT2D eigenvalue weighted by molar-refractivity contribution is -0.317. The summed E-state index contributed by atoms with van der Waals surface area (Å²) in [5.41, 5.74) is 2.51. The van der Waals surface area contributed by atoms with Crippen LogP contribution in [0.2, 0.25) is 0 Å². The fraction of sp³-hybridized carbons (Fsp3) is 0.449. The van der Waals surface area contributed by atoms with Crippen LogP contribution in [0.25, 0.3) is 0 Å². The molecule has 1 saturated heterocycles. The summed E-state index contributed by atoms with van der Waals surface area (Å²) >= 11 is 0. The number of ether oxygens (including phenoxy) is 7. The van der Waals surface area contributed by atoms with Crippen LogP contribution in [0.4, 0.5) is 0 Å². The smallest absolute Gasteiger partial charge is 0.305 e. The molecule has 4 aromatic carbocycles. The van der Waals surface area contributed by atoms with E-state index in [4.69, 9.17) is 33.2 Å². The summed E-state index contributed by atoms with van der Waals surface area (Å²) in [5, 5.41) is 0. The highest BCUT2D eigenvalue weighted by Gasteiger charge is 2.52. The quantitative estimate of drug-likeness (QED) is 0.0294. The van der Waals surface area contributed by atoms with Gasteiger partial charge in [-0.25, -0.2) is 0 Å². The SMILES string of the molecule is COC(=O)CCCCCCCCCCCO[C@H]1O[C@H](COC(c2ccccc2)(c2ccccc2)c2ccccc2)[C@@H](OC(C)=O)[C@H](OCc2ccccc2)[C@H]1OC(C)=O. The van der Waals surface area contributed by atoms with Crippen LogP contribution >= 0.6 is 0 Å². The van der Waals surface area contributed by atoms with E-state index in [9.17, 15) is 14.4 Å². The van der Waals surface area contributed by atoms with Crippen molar-refractivity contribution < 1.29 is 47.5 Å². The minimum atomic E-state index is -1.08. The molecule has 0 unspecified atom stereocenters. The van der Waals surface area contributed by atoms with Gasteiger partial charge in [-0.2, -0.15) is 0 Å². The molecule has 0 spiro atoms. The summed E-state index contributed by atoms with van der Waals surface area (Å²) in [5.74, 6) is -1.23. The van der Waals surface area contributed by atoms with Crippen LogP contribution in [0, 0.1) is 0 Å². The van der Waals surface area contributed by atoms with Crippen LogP contribution in [-0.2, 0) is 59.7 Å². The number of benzene rings is 4. The van der Waals surface area contributed by atoms with Gasteiger partial charge in [-0.15, -0.1) is 0 Å². The Morgan fingerprint density at radius 2 is 1.02 bits per heavy atom. The zero-order valence-corrected chi connectivity index (χ0v) is 34.7. The van der Waals surface area contributed by atoms with Crippen molar-refractivity contribution >= 4 is 17.9 Å². The number of unbranched alkanes of at least 4 members (excludes halogenated alkanes) is 8. The van der Waals surface area contributed by atoms with Crippen LogP contribution in [-0.4, -0.2) is 68.9 Å². The molecule has 0 aromatic heterocycles. The molecule has 1 fully saturated rings. The molecule has 5 atom stereocenters.